The molecule has 0 spiro atoms. The Morgan fingerprint density at radius 1 is 1.19 bits per heavy atom. The van der Waals surface area contributed by atoms with Crippen LogP contribution in [0.4, 0.5) is 13.2 Å². The molecule has 2 rings (SSSR count). The zero-order valence-corrected chi connectivity index (χ0v) is 15.6. The molecule has 2 aromatic rings. The predicted molar refractivity (Wildman–Crippen MR) is 100 cm³/mol. The van der Waals surface area contributed by atoms with Gasteiger partial charge in [-0.25, -0.2) is 0 Å². The van der Waals surface area contributed by atoms with Crippen molar-refractivity contribution in [3.05, 3.63) is 66.2 Å². The summed E-state index contributed by atoms with van der Waals surface area (Å²) in [5.41, 5.74) is 0.0668. The second kappa shape index (κ2) is 9.71. The zero-order valence-electron chi connectivity index (χ0n) is 14.8. The third kappa shape index (κ3) is 6.84. The van der Waals surface area contributed by atoms with Gasteiger partial charge >= 0.3 is 6.18 Å². The summed E-state index contributed by atoms with van der Waals surface area (Å²) in [6, 6.07) is 9.89. The summed E-state index contributed by atoms with van der Waals surface area (Å²) >= 11 is 1.54. The first-order chi connectivity index (χ1) is 12.8. The number of phenolic OH excluding ortho intramolecular Hbond substituents is 1. The van der Waals surface area contributed by atoms with Gasteiger partial charge in [0.2, 0.25) is 0 Å². The fourth-order valence-electron chi connectivity index (χ4n) is 2.18. The minimum absolute atomic E-state index is 0.198. The number of hydrogen-bond donors (Lipinski definition) is 1. The van der Waals surface area contributed by atoms with E-state index < -0.39 is 11.7 Å². The minimum Gasteiger partial charge on any atom is -0.508 e. The van der Waals surface area contributed by atoms with Crippen LogP contribution in [0, 0.1) is 6.92 Å². The molecule has 0 aliphatic rings. The van der Waals surface area contributed by atoms with Gasteiger partial charge in [0.05, 0.1) is 12.2 Å². The number of alkyl halides is 3. The van der Waals surface area contributed by atoms with E-state index in [0.717, 1.165) is 22.6 Å². The van der Waals surface area contributed by atoms with Gasteiger partial charge in [-0.05, 0) is 55.0 Å². The summed E-state index contributed by atoms with van der Waals surface area (Å²) in [6.45, 7) is 5.98. The van der Waals surface area contributed by atoms with Crippen LogP contribution in [0.15, 0.2) is 60.0 Å². The van der Waals surface area contributed by atoms with Crippen LogP contribution in [0.3, 0.4) is 0 Å². The van der Waals surface area contributed by atoms with Gasteiger partial charge < -0.3 is 14.6 Å². The third-order valence-electron chi connectivity index (χ3n) is 3.67. The van der Waals surface area contributed by atoms with Crippen LogP contribution in [-0.4, -0.2) is 30.2 Å². The molecule has 0 saturated carbocycles. The summed E-state index contributed by atoms with van der Waals surface area (Å²) in [5.74, 6) is 1.17. The van der Waals surface area contributed by atoms with Crippen molar-refractivity contribution >= 4 is 11.8 Å². The van der Waals surface area contributed by atoms with Crippen molar-refractivity contribution in [1.29, 1.82) is 0 Å². The molecule has 2 aromatic carbocycles. The highest BCUT2D eigenvalue weighted by Crippen LogP contribution is 2.30. The van der Waals surface area contributed by atoms with E-state index in [2.05, 4.69) is 6.58 Å². The van der Waals surface area contributed by atoms with Gasteiger partial charge in [-0.2, -0.15) is 13.2 Å². The monoisotopic (exact) mass is 398 g/mol. The van der Waals surface area contributed by atoms with E-state index in [1.165, 1.54) is 12.1 Å². The van der Waals surface area contributed by atoms with Crippen molar-refractivity contribution in [2.45, 2.75) is 24.1 Å². The molecule has 1 unspecified atom stereocenters. The molecule has 146 valence electrons. The molecule has 1 atom stereocenters. The number of halogens is 3. The van der Waals surface area contributed by atoms with E-state index in [-0.39, 0.29) is 18.5 Å². The van der Waals surface area contributed by atoms with Crippen molar-refractivity contribution in [3.8, 4) is 11.5 Å². The van der Waals surface area contributed by atoms with Gasteiger partial charge in [0.15, 0.2) is 0 Å². The molecule has 0 aliphatic carbocycles. The first kappa shape index (κ1) is 21.2. The van der Waals surface area contributed by atoms with Crippen molar-refractivity contribution in [1.82, 2.24) is 0 Å². The second-order valence-electron chi connectivity index (χ2n) is 5.84. The lowest BCUT2D eigenvalue weighted by molar-refractivity contribution is -0.137. The second-order valence-corrected chi connectivity index (χ2v) is 6.93. The molecule has 27 heavy (non-hydrogen) atoms. The summed E-state index contributed by atoms with van der Waals surface area (Å²) in [6.07, 6.45) is -3.02. The molecule has 0 aromatic heterocycles. The number of thioether (sulfide) groups is 1. The largest absolute Gasteiger partial charge is 0.508 e. The maximum Gasteiger partial charge on any atom is 0.416 e. The van der Waals surface area contributed by atoms with Crippen LogP contribution in [0.5, 0.6) is 11.5 Å². The smallest absolute Gasteiger partial charge is 0.416 e. The van der Waals surface area contributed by atoms with Crippen LogP contribution in [0.1, 0.15) is 11.1 Å². The highest BCUT2D eigenvalue weighted by Gasteiger charge is 2.30. The summed E-state index contributed by atoms with van der Waals surface area (Å²) in [4.78, 5) is 0.979. The molecule has 0 saturated heterocycles. The lowest BCUT2D eigenvalue weighted by Gasteiger charge is -2.18. The minimum atomic E-state index is -4.37. The van der Waals surface area contributed by atoms with Gasteiger partial charge in [-0.3, -0.25) is 0 Å². The van der Waals surface area contributed by atoms with Gasteiger partial charge in [0.1, 0.15) is 24.2 Å². The third-order valence-corrected chi connectivity index (χ3v) is 4.80. The Hall–Kier alpha value is -2.12. The van der Waals surface area contributed by atoms with E-state index >= 15 is 0 Å². The number of rotatable bonds is 9. The standard InChI is InChI=1S/C20H21F3O3S/c1-3-10-25-17(13-27-18-8-9-19(24)14(2)11-18)12-26-16-6-4-15(5-7-16)20(21,22)23/h3-9,11,17,24H,1,10,12-13H2,2H3. The molecular weight excluding hydrogens is 377 g/mol. The molecule has 0 bridgehead atoms. The summed E-state index contributed by atoms with van der Waals surface area (Å²) in [7, 11) is 0. The van der Waals surface area contributed by atoms with E-state index in [1.54, 1.807) is 23.9 Å². The van der Waals surface area contributed by atoms with E-state index in [9.17, 15) is 18.3 Å². The average Bonchev–Trinajstić information content (AvgIpc) is 2.63. The molecule has 7 heteroatoms. The molecular formula is C20H21F3O3S. The predicted octanol–water partition coefficient (Wildman–Crippen LogP) is 5.46. The molecule has 0 aliphatic heterocycles. The highest BCUT2D eigenvalue weighted by molar-refractivity contribution is 7.99. The Morgan fingerprint density at radius 2 is 1.89 bits per heavy atom. The maximum atomic E-state index is 12.6. The number of hydrogen-bond acceptors (Lipinski definition) is 4. The summed E-state index contributed by atoms with van der Waals surface area (Å²) < 4.78 is 49.1. The Labute approximate surface area is 160 Å². The summed E-state index contributed by atoms with van der Waals surface area (Å²) in [5, 5.41) is 9.58. The lowest BCUT2D eigenvalue weighted by atomic mass is 10.2. The average molecular weight is 398 g/mol. The fraction of sp³-hybridized carbons (Fsp3) is 0.300. The molecule has 0 fully saturated rings. The van der Waals surface area contributed by atoms with Gasteiger partial charge in [0, 0.05) is 10.6 Å². The molecule has 3 nitrogen and oxygen atoms in total. The molecule has 0 heterocycles. The lowest BCUT2D eigenvalue weighted by Crippen LogP contribution is -2.24. The maximum absolute atomic E-state index is 12.6. The van der Waals surface area contributed by atoms with Crippen LogP contribution in [0.2, 0.25) is 0 Å². The van der Waals surface area contributed by atoms with Crippen molar-refractivity contribution in [2.75, 3.05) is 19.0 Å². The van der Waals surface area contributed by atoms with Gasteiger partial charge in [-0.1, -0.05) is 6.08 Å². The topological polar surface area (TPSA) is 38.7 Å². The molecule has 1 N–H and O–H groups in total. The first-order valence-corrected chi connectivity index (χ1v) is 9.23. The fourth-order valence-corrected chi connectivity index (χ4v) is 3.18. The van der Waals surface area contributed by atoms with Gasteiger partial charge in [0.25, 0.3) is 0 Å². The number of benzene rings is 2. The Bertz CT molecular complexity index is 745. The Balaban J connectivity index is 1.93. The number of aromatic hydroxyl groups is 1. The molecule has 0 amide bonds. The molecule has 0 radical (unpaired) electrons. The van der Waals surface area contributed by atoms with Gasteiger partial charge in [-0.15, -0.1) is 18.3 Å². The van der Waals surface area contributed by atoms with Crippen LogP contribution < -0.4 is 4.74 Å². The van der Waals surface area contributed by atoms with E-state index in [1.807, 2.05) is 19.1 Å². The first-order valence-electron chi connectivity index (χ1n) is 8.24. The quantitative estimate of drug-likeness (QED) is 0.450. The van der Waals surface area contributed by atoms with Crippen molar-refractivity contribution < 1.29 is 27.8 Å². The Morgan fingerprint density at radius 3 is 2.48 bits per heavy atom. The SMILES string of the molecule is C=CCOC(COc1ccc(C(F)(F)F)cc1)CSc1ccc(O)c(C)c1. The van der Waals surface area contributed by atoms with E-state index in [4.69, 9.17) is 9.47 Å². The van der Waals surface area contributed by atoms with Crippen molar-refractivity contribution in [2.24, 2.45) is 0 Å². The Kier molecular flexibility index (Phi) is 7.62. The normalized spacial score (nSPS) is 12.6. The van der Waals surface area contributed by atoms with Crippen LogP contribution >= 0.6 is 11.8 Å². The highest BCUT2D eigenvalue weighted by atomic mass is 32.2. The number of ether oxygens (including phenoxy) is 2. The number of aryl methyl sites for hydroxylation is 1. The van der Waals surface area contributed by atoms with Crippen molar-refractivity contribution in [3.63, 3.8) is 0 Å². The van der Waals surface area contributed by atoms with Crippen LogP contribution in [-0.2, 0) is 10.9 Å². The van der Waals surface area contributed by atoms with E-state index in [0.29, 0.717) is 18.1 Å². The van der Waals surface area contributed by atoms with Crippen LogP contribution in [0.25, 0.3) is 0 Å². The number of phenols is 1. The zero-order chi connectivity index (χ0) is 19.9.